The van der Waals surface area contributed by atoms with Gasteiger partial charge in [0.15, 0.2) is 0 Å². The van der Waals surface area contributed by atoms with Crippen molar-refractivity contribution >= 4 is 30.5 Å². The highest BCUT2D eigenvalue weighted by Crippen LogP contribution is 2.34. The number of rotatable bonds is 7. The van der Waals surface area contributed by atoms with Crippen molar-refractivity contribution in [1.82, 2.24) is 15.5 Å². The van der Waals surface area contributed by atoms with Gasteiger partial charge in [-0.25, -0.2) is 4.79 Å². The van der Waals surface area contributed by atoms with E-state index < -0.39 is 29.3 Å². The maximum absolute atomic E-state index is 13.9. The fourth-order valence-electron chi connectivity index (χ4n) is 3.81. The number of carbonyl (C=O) groups excluding carboxylic acids is 3. The molecule has 7 nitrogen and oxygen atoms in total. The maximum atomic E-state index is 13.9. The lowest BCUT2D eigenvalue weighted by molar-refractivity contribution is -0.147. The second-order valence-electron chi connectivity index (χ2n) is 11.2. The quantitative estimate of drug-likeness (QED) is 0.491. The monoisotopic (exact) mass is 491 g/mol. The van der Waals surface area contributed by atoms with Gasteiger partial charge in [0.2, 0.25) is 11.8 Å². The predicted molar refractivity (Wildman–Crippen MR) is 138 cm³/mol. The summed E-state index contributed by atoms with van der Waals surface area (Å²) >= 11 is 4.34. The van der Waals surface area contributed by atoms with Crippen molar-refractivity contribution in [1.29, 1.82) is 0 Å². The van der Waals surface area contributed by atoms with Gasteiger partial charge in [-0.3, -0.25) is 9.59 Å². The Morgan fingerprint density at radius 2 is 1.71 bits per heavy atom. The fraction of sp³-hybridized carbons (Fsp3) is 0.654. The molecule has 1 fully saturated rings. The zero-order valence-electron chi connectivity index (χ0n) is 21.8. The van der Waals surface area contributed by atoms with E-state index in [1.807, 2.05) is 52.8 Å². The minimum Gasteiger partial charge on any atom is -0.444 e. The Hall–Kier alpha value is -2.22. The van der Waals surface area contributed by atoms with Crippen LogP contribution in [-0.4, -0.2) is 51.8 Å². The van der Waals surface area contributed by atoms with E-state index in [1.165, 1.54) is 0 Å². The minimum atomic E-state index is -0.921. The van der Waals surface area contributed by atoms with E-state index in [0.717, 1.165) is 36.0 Å². The summed E-state index contributed by atoms with van der Waals surface area (Å²) in [6.45, 7) is 15.0. The third-order valence-corrected chi connectivity index (χ3v) is 6.13. The number of hydrogen-bond donors (Lipinski definition) is 3. The number of nitrogens with zero attached hydrogens (tertiary/aromatic N) is 1. The van der Waals surface area contributed by atoms with Gasteiger partial charge in [-0.15, -0.1) is 0 Å². The van der Waals surface area contributed by atoms with E-state index in [2.05, 4.69) is 23.3 Å². The summed E-state index contributed by atoms with van der Waals surface area (Å²) in [4.78, 5) is 41.6. The van der Waals surface area contributed by atoms with Crippen LogP contribution in [0, 0.1) is 13.8 Å². The molecule has 1 saturated carbocycles. The average molecular weight is 492 g/mol. The first-order chi connectivity index (χ1) is 15.6. The molecular weight excluding hydrogens is 450 g/mol. The Morgan fingerprint density at radius 3 is 2.15 bits per heavy atom. The van der Waals surface area contributed by atoms with E-state index in [0.29, 0.717) is 0 Å². The van der Waals surface area contributed by atoms with Crippen LogP contribution in [-0.2, 0) is 14.3 Å². The Morgan fingerprint density at radius 1 is 1.09 bits per heavy atom. The molecule has 0 heterocycles. The second kappa shape index (κ2) is 11.0. The van der Waals surface area contributed by atoms with Crippen LogP contribution >= 0.6 is 12.6 Å². The van der Waals surface area contributed by atoms with Gasteiger partial charge in [-0.05, 0) is 91.3 Å². The van der Waals surface area contributed by atoms with Gasteiger partial charge in [0.05, 0.1) is 0 Å². The molecular formula is C26H41N3O4S. The third kappa shape index (κ3) is 7.65. The average Bonchev–Trinajstić information content (AvgIpc) is 2.63. The molecule has 0 aliphatic heterocycles. The van der Waals surface area contributed by atoms with Gasteiger partial charge in [0.25, 0.3) is 0 Å². The van der Waals surface area contributed by atoms with Gasteiger partial charge in [-0.1, -0.05) is 18.2 Å². The molecule has 1 aromatic rings. The van der Waals surface area contributed by atoms with Crippen LogP contribution in [0.4, 0.5) is 4.79 Å². The number of nitrogens with one attached hydrogen (secondary N) is 2. The predicted octanol–water partition coefficient (Wildman–Crippen LogP) is 4.46. The molecule has 8 heteroatoms. The van der Waals surface area contributed by atoms with Crippen LogP contribution in [0.1, 0.15) is 83.5 Å². The molecule has 0 spiro atoms. The minimum absolute atomic E-state index is 0.0852. The summed E-state index contributed by atoms with van der Waals surface area (Å²) in [6, 6.07) is 4.02. The number of carbonyl (C=O) groups is 3. The number of benzene rings is 1. The highest BCUT2D eigenvalue weighted by Gasteiger charge is 2.42. The van der Waals surface area contributed by atoms with Gasteiger partial charge in [-0.2, -0.15) is 12.6 Å². The van der Waals surface area contributed by atoms with E-state index >= 15 is 0 Å². The lowest BCUT2D eigenvalue weighted by atomic mass is 9.87. The summed E-state index contributed by atoms with van der Waals surface area (Å²) in [7, 11) is 0. The van der Waals surface area contributed by atoms with Crippen LogP contribution in [0.25, 0.3) is 0 Å². The van der Waals surface area contributed by atoms with E-state index in [1.54, 1.807) is 25.7 Å². The van der Waals surface area contributed by atoms with Gasteiger partial charge in [0, 0.05) is 17.3 Å². The lowest BCUT2D eigenvalue weighted by Gasteiger charge is -2.44. The summed E-state index contributed by atoms with van der Waals surface area (Å²) in [6.07, 6.45) is 1.92. The maximum Gasteiger partial charge on any atom is 0.408 e. The zero-order valence-corrected chi connectivity index (χ0v) is 22.7. The molecule has 2 unspecified atom stereocenters. The van der Waals surface area contributed by atoms with Crippen LogP contribution in [0.3, 0.4) is 0 Å². The molecule has 2 rings (SSSR count). The largest absolute Gasteiger partial charge is 0.444 e. The molecule has 1 aliphatic carbocycles. The van der Waals surface area contributed by atoms with Crippen molar-refractivity contribution < 1.29 is 19.1 Å². The SMILES string of the molecule is Cc1ccc(C(C(=O)NC(C)(C)C)N(C(=O)C(CS)NC(=O)OC(C)(C)C)C2CCC2)cc1C. The number of aryl methyl sites for hydroxylation is 2. The Balaban J connectivity index is 2.48. The van der Waals surface area contributed by atoms with Gasteiger partial charge in [0.1, 0.15) is 17.7 Å². The molecule has 34 heavy (non-hydrogen) atoms. The van der Waals surface area contributed by atoms with E-state index in [-0.39, 0.29) is 23.6 Å². The highest BCUT2D eigenvalue weighted by molar-refractivity contribution is 7.80. The van der Waals surface area contributed by atoms with Crippen molar-refractivity contribution in [2.75, 3.05) is 5.75 Å². The Labute approximate surface area is 209 Å². The number of thiol groups is 1. The van der Waals surface area contributed by atoms with Crippen LogP contribution in [0.2, 0.25) is 0 Å². The Kier molecular flexibility index (Phi) is 9.08. The molecule has 1 aromatic carbocycles. The molecule has 2 atom stereocenters. The van der Waals surface area contributed by atoms with Gasteiger partial charge >= 0.3 is 6.09 Å². The number of alkyl carbamates (subject to hydrolysis) is 1. The first kappa shape index (κ1) is 28.0. The van der Waals surface area contributed by atoms with Crippen molar-refractivity contribution in [3.05, 3.63) is 34.9 Å². The zero-order chi connectivity index (χ0) is 25.8. The summed E-state index contributed by atoms with van der Waals surface area (Å²) in [5.74, 6) is -0.494. The summed E-state index contributed by atoms with van der Waals surface area (Å²) in [5, 5.41) is 5.72. The van der Waals surface area contributed by atoms with Gasteiger partial charge < -0.3 is 20.3 Å². The normalized spacial score (nSPS) is 16.1. The van der Waals surface area contributed by atoms with Crippen LogP contribution in [0.15, 0.2) is 18.2 Å². The highest BCUT2D eigenvalue weighted by atomic mass is 32.1. The molecule has 1 aliphatic rings. The summed E-state index contributed by atoms with van der Waals surface area (Å²) < 4.78 is 5.35. The fourth-order valence-corrected chi connectivity index (χ4v) is 4.06. The van der Waals surface area contributed by atoms with Crippen molar-refractivity contribution in [3.8, 4) is 0 Å². The molecule has 2 N–H and O–H groups in total. The van der Waals surface area contributed by atoms with Crippen LogP contribution < -0.4 is 10.6 Å². The second-order valence-corrected chi connectivity index (χ2v) is 11.6. The molecule has 0 bridgehead atoms. The topological polar surface area (TPSA) is 87.7 Å². The number of amides is 3. The third-order valence-electron chi connectivity index (χ3n) is 5.77. The summed E-state index contributed by atoms with van der Waals surface area (Å²) in [5.41, 5.74) is 1.74. The first-order valence-electron chi connectivity index (χ1n) is 11.9. The smallest absolute Gasteiger partial charge is 0.408 e. The van der Waals surface area contributed by atoms with Crippen LogP contribution in [0.5, 0.6) is 0 Å². The molecule has 0 saturated heterocycles. The van der Waals surface area contributed by atoms with E-state index in [9.17, 15) is 14.4 Å². The number of ether oxygens (including phenoxy) is 1. The molecule has 190 valence electrons. The van der Waals surface area contributed by atoms with Crippen molar-refractivity contribution in [3.63, 3.8) is 0 Å². The van der Waals surface area contributed by atoms with E-state index in [4.69, 9.17) is 4.74 Å². The first-order valence-corrected chi connectivity index (χ1v) is 12.6. The van der Waals surface area contributed by atoms with Crippen molar-refractivity contribution in [2.24, 2.45) is 0 Å². The molecule has 3 amide bonds. The Bertz CT molecular complexity index is 900. The lowest BCUT2D eigenvalue weighted by Crippen LogP contribution is -2.59. The van der Waals surface area contributed by atoms with Crippen molar-refractivity contribution in [2.45, 2.75) is 104 Å². The standard InChI is InChI=1S/C26H41N3O4S/c1-16-12-13-18(14-17(16)2)21(22(30)28-25(3,4)5)29(19-10-9-11-19)23(31)20(15-34)27-24(32)33-26(6,7)8/h12-14,19-21,34H,9-11,15H2,1-8H3,(H,27,32)(H,28,30). The molecule has 0 aromatic heterocycles. The molecule has 0 radical (unpaired) electrons. The number of hydrogen-bond acceptors (Lipinski definition) is 5.